The van der Waals surface area contributed by atoms with Gasteiger partial charge in [0.2, 0.25) is 5.82 Å². The molecule has 0 bridgehead atoms. The number of pyridine rings is 1. The van der Waals surface area contributed by atoms with Gasteiger partial charge in [0.05, 0.1) is 17.8 Å². The van der Waals surface area contributed by atoms with Gasteiger partial charge >= 0.3 is 6.18 Å². The van der Waals surface area contributed by atoms with Gasteiger partial charge in [-0.05, 0) is 53.3 Å². The van der Waals surface area contributed by atoms with Crippen molar-refractivity contribution >= 4 is 0 Å². The fraction of sp³-hybridized carbons (Fsp3) is 0.222. The predicted octanol–water partition coefficient (Wildman–Crippen LogP) is 5.41. The Balaban J connectivity index is 1.43. The van der Waals surface area contributed by atoms with Gasteiger partial charge in [-0.1, -0.05) is 54.6 Å². The second-order valence-electron chi connectivity index (χ2n) is 8.94. The summed E-state index contributed by atoms with van der Waals surface area (Å²) < 4.78 is 38.9. The van der Waals surface area contributed by atoms with Crippen LogP contribution >= 0.6 is 0 Å². The van der Waals surface area contributed by atoms with Crippen molar-refractivity contribution in [3.05, 3.63) is 94.4 Å². The molecule has 0 fully saturated rings. The van der Waals surface area contributed by atoms with E-state index in [0.717, 1.165) is 16.7 Å². The Morgan fingerprint density at radius 1 is 0.921 bits per heavy atom. The van der Waals surface area contributed by atoms with Gasteiger partial charge < -0.3 is 4.98 Å². The fourth-order valence-electron chi connectivity index (χ4n) is 4.28. The summed E-state index contributed by atoms with van der Waals surface area (Å²) in [5, 5.41) is 18.7. The molecule has 3 heterocycles. The lowest BCUT2D eigenvalue weighted by molar-refractivity contribution is -0.135. The van der Waals surface area contributed by atoms with Gasteiger partial charge in [-0.25, -0.2) is 0 Å². The Morgan fingerprint density at radius 3 is 2.42 bits per heavy atom. The summed E-state index contributed by atoms with van der Waals surface area (Å²) in [5.74, 6) is 0.152. The van der Waals surface area contributed by atoms with E-state index >= 15 is 0 Å². The number of tetrazole rings is 1. The van der Waals surface area contributed by atoms with Crippen molar-refractivity contribution in [2.75, 3.05) is 0 Å². The van der Waals surface area contributed by atoms with Crippen LogP contribution in [0.5, 0.6) is 0 Å². The first kappa shape index (κ1) is 25.1. The number of nitrogens with zero attached hydrogens (tertiary/aromatic N) is 5. The van der Waals surface area contributed by atoms with E-state index in [-0.39, 0.29) is 17.8 Å². The normalized spacial score (nSPS) is 11.7. The lowest BCUT2D eigenvalue weighted by Gasteiger charge is -2.09. The van der Waals surface area contributed by atoms with Crippen LogP contribution in [0.25, 0.3) is 33.9 Å². The zero-order chi connectivity index (χ0) is 26.5. The molecule has 38 heavy (non-hydrogen) atoms. The van der Waals surface area contributed by atoms with Crippen molar-refractivity contribution in [1.82, 2.24) is 35.4 Å². The van der Waals surface area contributed by atoms with Gasteiger partial charge in [0.15, 0.2) is 0 Å². The number of rotatable bonds is 9. The molecule has 11 heteroatoms. The van der Waals surface area contributed by atoms with Crippen LogP contribution in [0.1, 0.15) is 30.4 Å². The van der Waals surface area contributed by atoms with Crippen LogP contribution in [-0.4, -0.2) is 41.6 Å². The van der Waals surface area contributed by atoms with Crippen LogP contribution < -0.4 is 5.56 Å². The Hall–Kier alpha value is -4.54. The third-order valence-corrected chi connectivity index (χ3v) is 6.15. The Bertz CT molecular complexity index is 1540. The molecule has 0 aliphatic heterocycles. The van der Waals surface area contributed by atoms with Crippen molar-refractivity contribution in [1.29, 1.82) is 0 Å². The minimum atomic E-state index is -4.13. The molecule has 194 valence electrons. The molecule has 0 spiro atoms. The summed E-state index contributed by atoms with van der Waals surface area (Å²) in [7, 11) is 0. The molecule has 3 aromatic heterocycles. The van der Waals surface area contributed by atoms with Gasteiger partial charge in [-0.15, -0.1) is 10.2 Å². The SMILES string of the molecule is O=c1[nH]c(-c2ccc(CCCCC(F)(F)F)cc2)cc(-c2ccn(Cc3ccccc3)n2)c1-c1nn[nH]n1. The maximum atomic E-state index is 13.2. The first-order valence-electron chi connectivity index (χ1n) is 12.1. The summed E-state index contributed by atoms with van der Waals surface area (Å²) in [4.78, 5) is 16.1. The molecule has 0 saturated carbocycles. The second-order valence-corrected chi connectivity index (χ2v) is 8.94. The third-order valence-electron chi connectivity index (χ3n) is 6.15. The number of aryl methyl sites for hydroxylation is 1. The first-order valence-corrected chi connectivity index (χ1v) is 12.1. The highest BCUT2D eigenvalue weighted by Crippen LogP contribution is 2.30. The molecule has 0 unspecified atom stereocenters. The highest BCUT2D eigenvalue weighted by atomic mass is 19.4. The maximum Gasteiger partial charge on any atom is 0.389 e. The van der Waals surface area contributed by atoms with Gasteiger partial charge in [0.1, 0.15) is 0 Å². The van der Waals surface area contributed by atoms with Crippen LogP contribution in [0.15, 0.2) is 77.7 Å². The molecular weight excluding hydrogens is 495 g/mol. The first-order chi connectivity index (χ1) is 18.4. The third kappa shape index (κ3) is 6.05. The predicted molar refractivity (Wildman–Crippen MR) is 136 cm³/mol. The number of halogens is 3. The molecule has 0 aliphatic carbocycles. The quantitative estimate of drug-likeness (QED) is 0.254. The number of hydrogen-bond donors (Lipinski definition) is 2. The number of unbranched alkanes of at least 4 members (excludes halogenated alkanes) is 1. The van der Waals surface area contributed by atoms with Gasteiger partial charge in [0.25, 0.3) is 5.56 Å². The summed E-state index contributed by atoms with van der Waals surface area (Å²) in [5.41, 5.74) is 4.32. The van der Waals surface area contributed by atoms with Gasteiger partial charge in [0, 0.05) is 23.9 Å². The summed E-state index contributed by atoms with van der Waals surface area (Å²) >= 11 is 0. The average Bonchev–Trinajstić information content (AvgIpc) is 3.59. The van der Waals surface area contributed by atoms with E-state index in [4.69, 9.17) is 5.10 Å². The van der Waals surface area contributed by atoms with E-state index in [2.05, 4.69) is 25.6 Å². The fourth-order valence-corrected chi connectivity index (χ4v) is 4.28. The largest absolute Gasteiger partial charge is 0.389 e. The molecule has 0 radical (unpaired) electrons. The number of aromatic amines is 2. The smallest absolute Gasteiger partial charge is 0.321 e. The number of hydrogen-bond acceptors (Lipinski definition) is 5. The molecule has 2 N–H and O–H groups in total. The number of benzene rings is 2. The lowest BCUT2D eigenvalue weighted by atomic mass is 10.0. The molecule has 8 nitrogen and oxygen atoms in total. The molecule has 0 aliphatic rings. The van der Waals surface area contributed by atoms with E-state index < -0.39 is 18.2 Å². The van der Waals surface area contributed by atoms with Crippen molar-refractivity contribution in [3.63, 3.8) is 0 Å². The van der Waals surface area contributed by atoms with E-state index in [1.807, 2.05) is 72.9 Å². The van der Waals surface area contributed by atoms with Gasteiger partial charge in [-0.3, -0.25) is 9.48 Å². The van der Waals surface area contributed by atoms with E-state index in [9.17, 15) is 18.0 Å². The Labute approximate surface area is 215 Å². The molecule has 2 aromatic carbocycles. The van der Waals surface area contributed by atoms with Crippen LogP contribution in [-0.2, 0) is 13.0 Å². The zero-order valence-electron chi connectivity index (χ0n) is 20.2. The number of H-pyrrole nitrogens is 2. The number of nitrogens with one attached hydrogen (secondary N) is 2. The van der Waals surface area contributed by atoms with Crippen LogP contribution in [0.3, 0.4) is 0 Å². The highest BCUT2D eigenvalue weighted by Gasteiger charge is 2.25. The summed E-state index contributed by atoms with van der Waals surface area (Å²) in [6.07, 6.45) is -1.97. The highest BCUT2D eigenvalue weighted by molar-refractivity contribution is 5.81. The van der Waals surface area contributed by atoms with E-state index in [1.165, 1.54) is 0 Å². The molecule has 0 saturated heterocycles. The Kier molecular flexibility index (Phi) is 7.16. The number of alkyl halides is 3. The standard InChI is InChI=1S/C27H24F3N7O/c28-27(29,30)14-5-4-6-18-9-11-20(12-10-18)23-16-21(24(26(38)31-23)25-32-35-36-33-25)22-13-15-37(34-22)17-19-7-2-1-3-8-19/h1-3,7-13,15-16H,4-6,14,17H2,(H,31,38)(H,32,33,35,36). The minimum absolute atomic E-state index is 0.0936. The molecule has 5 rings (SSSR count). The Morgan fingerprint density at radius 2 is 1.71 bits per heavy atom. The van der Waals surface area contributed by atoms with E-state index in [0.29, 0.717) is 36.3 Å². The number of aromatic nitrogens is 7. The van der Waals surface area contributed by atoms with Crippen molar-refractivity contribution in [2.24, 2.45) is 0 Å². The molecular formula is C27H24F3N7O. The van der Waals surface area contributed by atoms with E-state index in [1.54, 1.807) is 4.68 Å². The molecule has 0 atom stereocenters. The van der Waals surface area contributed by atoms with Crippen LogP contribution in [0.4, 0.5) is 13.2 Å². The monoisotopic (exact) mass is 519 g/mol. The summed E-state index contributed by atoms with van der Waals surface area (Å²) in [6.45, 7) is 0.568. The van der Waals surface area contributed by atoms with Crippen molar-refractivity contribution in [2.45, 2.75) is 38.4 Å². The second kappa shape index (κ2) is 10.8. The molecule has 5 aromatic rings. The topological polar surface area (TPSA) is 105 Å². The van der Waals surface area contributed by atoms with Crippen molar-refractivity contribution < 1.29 is 13.2 Å². The van der Waals surface area contributed by atoms with Gasteiger partial charge in [-0.2, -0.15) is 23.5 Å². The average molecular weight is 520 g/mol. The van der Waals surface area contributed by atoms with Crippen LogP contribution in [0, 0.1) is 0 Å². The minimum Gasteiger partial charge on any atom is -0.321 e. The zero-order valence-corrected chi connectivity index (χ0v) is 20.2. The van der Waals surface area contributed by atoms with Crippen LogP contribution in [0.2, 0.25) is 0 Å². The summed E-state index contributed by atoms with van der Waals surface area (Å²) in [6, 6.07) is 21.0. The maximum absolute atomic E-state index is 13.2. The van der Waals surface area contributed by atoms with Crippen molar-refractivity contribution in [3.8, 4) is 33.9 Å². The molecule has 0 amide bonds. The lowest BCUT2D eigenvalue weighted by Crippen LogP contribution is -2.13.